The van der Waals surface area contributed by atoms with Gasteiger partial charge in [0, 0.05) is 24.8 Å². The van der Waals surface area contributed by atoms with Crippen molar-refractivity contribution in [2.45, 2.75) is 44.2 Å². The van der Waals surface area contributed by atoms with Gasteiger partial charge in [0.2, 0.25) is 0 Å². The van der Waals surface area contributed by atoms with E-state index < -0.39 is 11.5 Å². The smallest absolute Gasteiger partial charge is 0.323 e. The molecule has 0 aromatic heterocycles. The third kappa shape index (κ3) is 2.66. The Morgan fingerprint density at radius 2 is 2.20 bits per heavy atom. The first-order valence-corrected chi connectivity index (χ1v) is 7.42. The lowest BCUT2D eigenvalue weighted by atomic mass is 9.97. The number of carboxylic acids is 1. The van der Waals surface area contributed by atoms with E-state index in [0.29, 0.717) is 12.5 Å². The van der Waals surface area contributed by atoms with Gasteiger partial charge in [-0.25, -0.2) is 0 Å². The maximum atomic E-state index is 11.6. The highest BCUT2D eigenvalue weighted by Crippen LogP contribution is 2.29. The van der Waals surface area contributed by atoms with Crippen LogP contribution in [-0.2, 0) is 11.2 Å². The summed E-state index contributed by atoms with van der Waals surface area (Å²) in [7, 11) is 0. The van der Waals surface area contributed by atoms with E-state index in [2.05, 4.69) is 34.5 Å². The predicted octanol–water partition coefficient (Wildman–Crippen LogP) is 2.03. The molecule has 3 rings (SSSR count). The van der Waals surface area contributed by atoms with Crippen molar-refractivity contribution in [1.29, 1.82) is 0 Å². The Bertz CT molecular complexity index is 513. The number of nitrogens with zero attached hydrogens (tertiary/aromatic N) is 1. The molecule has 0 bridgehead atoms. The predicted molar refractivity (Wildman–Crippen MR) is 79.2 cm³/mol. The van der Waals surface area contributed by atoms with Crippen LogP contribution < -0.4 is 10.2 Å². The Balaban J connectivity index is 1.65. The minimum absolute atomic E-state index is 0.405. The normalized spacial score (nSPS) is 20.6. The van der Waals surface area contributed by atoms with Crippen molar-refractivity contribution in [3.63, 3.8) is 0 Å². The van der Waals surface area contributed by atoms with Crippen molar-refractivity contribution in [2.75, 3.05) is 18.0 Å². The van der Waals surface area contributed by atoms with Gasteiger partial charge in [-0.2, -0.15) is 0 Å². The fourth-order valence-electron chi connectivity index (χ4n) is 2.92. The van der Waals surface area contributed by atoms with E-state index in [1.165, 1.54) is 11.3 Å². The number of para-hydroxylation sites is 1. The summed E-state index contributed by atoms with van der Waals surface area (Å²) >= 11 is 0. The molecule has 4 heteroatoms. The molecular weight excluding hydrogens is 252 g/mol. The first kappa shape index (κ1) is 13.4. The summed E-state index contributed by atoms with van der Waals surface area (Å²) in [6, 6.07) is 8.82. The van der Waals surface area contributed by atoms with E-state index in [9.17, 15) is 9.90 Å². The van der Waals surface area contributed by atoms with Crippen LogP contribution in [0.2, 0.25) is 0 Å². The third-order valence-electron chi connectivity index (χ3n) is 4.44. The lowest BCUT2D eigenvalue weighted by Crippen LogP contribution is -2.52. The number of nitrogens with one attached hydrogen (secondary N) is 1. The maximum Gasteiger partial charge on any atom is 0.323 e. The Kier molecular flexibility index (Phi) is 3.42. The molecule has 1 aromatic carbocycles. The van der Waals surface area contributed by atoms with Gasteiger partial charge < -0.3 is 10.0 Å². The van der Waals surface area contributed by atoms with Crippen molar-refractivity contribution in [3.8, 4) is 0 Å². The SMILES string of the molecule is CC(CCN1CCc2ccccc21)(NC1CC1)C(=O)O. The first-order valence-electron chi connectivity index (χ1n) is 7.42. The van der Waals surface area contributed by atoms with Crippen LogP contribution >= 0.6 is 0 Å². The zero-order valence-electron chi connectivity index (χ0n) is 11.9. The molecule has 1 atom stereocenters. The Hall–Kier alpha value is -1.55. The monoisotopic (exact) mass is 274 g/mol. The highest BCUT2D eigenvalue weighted by molar-refractivity contribution is 5.78. The van der Waals surface area contributed by atoms with Crippen molar-refractivity contribution in [2.24, 2.45) is 0 Å². The number of hydrogen-bond donors (Lipinski definition) is 2. The van der Waals surface area contributed by atoms with Gasteiger partial charge in [0.1, 0.15) is 5.54 Å². The molecule has 1 saturated carbocycles. The van der Waals surface area contributed by atoms with E-state index in [4.69, 9.17) is 0 Å². The number of carboxylic acid groups (broad SMARTS) is 1. The second-order valence-electron chi connectivity index (χ2n) is 6.17. The molecule has 1 fully saturated rings. The number of hydrogen-bond acceptors (Lipinski definition) is 3. The number of benzene rings is 1. The summed E-state index contributed by atoms with van der Waals surface area (Å²) in [5.41, 5.74) is 1.84. The quantitative estimate of drug-likeness (QED) is 0.833. The first-order chi connectivity index (χ1) is 9.58. The van der Waals surface area contributed by atoms with Gasteiger partial charge in [0.05, 0.1) is 0 Å². The van der Waals surface area contributed by atoms with Gasteiger partial charge in [-0.05, 0) is 44.2 Å². The van der Waals surface area contributed by atoms with Gasteiger partial charge in [-0.15, -0.1) is 0 Å². The highest BCUT2D eigenvalue weighted by Gasteiger charge is 2.38. The van der Waals surface area contributed by atoms with E-state index in [0.717, 1.165) is 32.4 Å². The van der Waals surface area contributed by atoms with Crippen LogP contribution in [0.1, 0.15) is 31.7 Å². The molecule has 1 aliphatic heterocycles. The highest BCUT2D eigenvalue weighted by atomic mass is 16.4. The van der Waals surface area contributed by atoms with Crippen LogP contribution in [0.25, 0.3) is 0 Å². The van der Waals surface area contributed by atoms with Crippen LogP contribution in [0.15, 0.2) is 24.3 Å². The maximum absolute atomic E-state index is 11.6. The average Bonchev–Trinajstić information content (AvgIpc) is 3.14. The standard InChI is InChI=1S/C16H22N2O2/c1-16(15(19)20,17-13-6-7-13)9-11-18-10-8-12-4-2-3-5-14(12)18/h2-5,13,17H,6-11H2,1H3,(H,19,20). The largest absolute Gasteiger partial charge is 0.480 e. The number of carbonyl (C=O) groups is 1. The fourth-order valence-corrected chi connectivity index (χ4v) is 2.92. The molecular formula is C16H22N2O2. The average molecular weight is 274 g/mol. The molecule has 0 radical (unpaired) electrons. The van der Waals surface area contributed by atoms with Gasteiger partial charge in [-0.1, -0.05) is 18.2 Å². The second-order valence-corrected chi connectivity index (χ2v) is 6.17. The lowest BCUT2D eigenvalue weighted by molar-refractivity contribution is -0.144. The molecule has 1 aromatic rings. The number of fused-ring (bicyclic) bond motifs is 1. The minimum Gasteiger partial charge on any atom is -0.480 e. The molecule has 1 aliphatic carbocycles. The molecule has 1 unspecified atom stereocenters. The topological polar surface area (TPSA) is 52.6 Å². The van der Waals surface area contributed by atoms with E-state index in [-0.39, 0.29) is 0 Å². The molecule has 20 heavy (non-hydrogen) atoms. The van der Waals surface area contributed by atoms with E-state index >= 15 is 0 Å². The Labute approximate surface area is 119 Å². The second kappa shape index (κ2) is 5.09. The summed E-state index contributed by atoms with van der Waals surface area (Å²) in [4.78, 5) is 13.9. The van der Waals surface area contributed by atoms with Crippen molar-refractivity contribution in [1.82, 2.24) is 5.32 Å². The van der Waals surface area contributed by atoms with Crippen LogP contribution in [0, 0.1) is 0 Å². The summed E-state index contributed by atoms with van der Waals surface area (Å²) < 4.78 is 0. The lowest BCUT2D eigenvalue weighted by Gasteiger charge is -2.29. The molecule has 2 aliphatic rings. The zero-order valence-corrected chi connectivity index (χ0v) is 11.9. The summed E-state index contributed by atoms with van der Waals surface area (Å²) in [5.74, 6) is -0.739. The van der Waals surface area contributed by atoms with Crippen LogP contribution in [0.4, 0.5) is 5.69 Å². The van der Waals surface area contributed by atoms with Gasteiger partial charge in [0.15, 0.2) is 0 Å². The minimum atomic E-state index is -0.807. The summed E-state index contributed by atoms with van der Waals surface area (Å²) in [6.45, 7) is 3.60. The fraction of sp³-hybridized carbons (Fsp3) is 0.562. The van der Waals surface area contributed by atoms with Crippen LogP contribution in [-0.4, -0.2) is 35.7 Å². The number of rotatable bonds is 6. The molecule has 4 nitrogen and oxygen atoms in total. The molecule has 0 saturated heterocycles. The van der Waals surface area contributed by atoms with Gasteiger partial charge in [0.25, 0.3) is 0 Å². The van der Waals surface area contributed by atoms with Crippen molar-refractivity contribution < 1.29 is 9.90 Å². The molecule has 0 spiro atoms. The van der Waals surface area contributed by atoms with Gasteiger partial charge in [-0.3, -0.25) is 10.1 Å². The molecule has 2 N–H and O–H groups in total. The number of anilines is 1. The van der Waals surface area contributed by atoms with Crippen molar-refractivity contribution in [3.05, 3.63) is 29.8 Å². The number of aliphatic carboxylic acids is 1. The van der Waals surface area contributed by atoms with Crippen LogP contribution in [0.3, 0.4) is 0 Å². The summed E-state index contributed by atoms with van der Waals surface area (Å²) in [5, 5.41) is 12.8. The molecule has 0 amide bonds. The van der Waals surface area contributed by atoms with Crippen molar-refractivity contribution >= 4 is 11.7 Å². The van der Waals surface area contributed by atoms with E-state index in [1.807, 2.05) is 6.92 Å². The molecule has 108 valence electrons. The Morgan fingerprint density at radius 3 is 2.90 bits per heavy atom. The third-order valence-corrected chi connectivity index (χ3v) is 4.44. The Morgan fingerprint density at radius 1 is 1.45 bits per heavy atom. The van der Waals surface area contributed by atoms with E-state index in [1.54, 1.807) is 0 Å². The summed E-state index contributed by atoms with van der Waals surface area (Å²) in [6.07, 6.45) is 3.91. The zero-order chi connectivity index (χ0) is 14.2. The van der Waals surface area contributed by atoms with Crippen LogP contribution in [0.5, 0.6) is 0 Å². The molecule has 1 heterocycles. The van der Waals surface area contributed by atoms with Gasteiger partial charge >= 0.3 is 5.97 Å².